The Morgan fingerprint density at radius 2 is 1.70 bits per heavy atom. The fourth-order valence-corrected chi connectivity index (χ4v) is 6.98. The van der Waals surface area contributed by atoms with Crippen molar-refractivity contribution in [2.45, 2.75) is 78.9 Å². The van der Waals surface area contributed by atoms with Gasteiger partial charge in [0.25, 0.3) is 0 Å². The van der Waals surface area contributed by atoms with Crippen LogP contribution in [0.1, 0.15) is 67.0 Å². The first-order chi connectivity index (χ1) is 25.0. The van der Waals surface area contributed by atoms with Crippen LogP contribution in [0.25, 0.3) is 10.9 Å². The maximum Gasteiger partial charge on any atom is 0.475 e. The number of rotatable bonds is 19. The van der Waals surface area contributed by atoms with E-state index >= 15 is 0 Å². The molecule has 0 aliphatic rings. The fourth-order valence-electron chi connectivity index (χ4n) is 5.19. The molecule has 0 saturated carbocycles. The summed E-state index contributed by atoms with van der Waals surface area (Å²) in [4.78, 5) is 23.4. The number of phosphoric acid groups is 1. The van der Waals surface area contributed by atoms with E-state index in [-0.39, 0.29) is 18.7 Å². The van der Waals surface area contributed by atoms with E-state index in [0.717, 1.165) is 19.0 Å². The Balaban J connectivity index is 1.33. The van der Waals surface area contributed by atoms with E-state index in [4.69, 9.17) is 23.0 Å². The first kappa shape index (κ1) is 41.5. The summed E-state index contributed by atoms with van der Waals surface area (Å²) in [7, 11) is -2.26. The number of nitrogens with zero attached hydrogens (tertiary/aromatic N) is 4. The summed E-state index contributed by atoms with van der Waals surface area (Å²) in [5.74, 6) is -0.941. The van der Waals surface area contributed by atoms with Crippen LogP contribution in [0.5, 0.6) is 11.5 Å². The molecule has 2 aromatic carbocycles. The van der Waals surface area contributed by atoms with Gasteiger partial charge in [-0.05, 0) is 79.1 Å². The number of H-pyrrole nitrogens is 1. The number of halogens is 2. The molecule has 2 aromatic heterocycles. The molecule has 14 nitrogen and oxygen atoms in total. The minimum absolute atomic E-state index is 0.158. The highest BCUT2D eigenvalue weighted by molar-refractivity contribution is 7.48. The van der Waals surface area contributed by atoms with Crippen molar-refractivity contribution in [2.75, 3.05) is 50.6 Å². The predicted octanol–water partition coefficient (Wildman–Crippen LogP) is 7.80. The highest BCUT2D eigenvalue weighted by Crippen LogP contribution is 2.55. The minimum atomic E-state index is -3.80. The molecule has 0 atom stereocenters. The van der Waals surface area contributed by atoms with Gasteiger partial charge in [0, 0.05) is 36.3 Å². The highest BCUT2D eigenvalue weighted by atomic mass is 31.2. The van der Waals surface area contributed by atoms with Crippen LogP contribution in [0.15, 0.2) is 42.7 Å². The van der Waals surface area contributed by atoms with Crippen LogP contribution in [0.3, 0.4) is 0 Å². The normalized spacial score (nSPS) is 12.4. The quantitative estimate of drug-likeness (QED) is 0.0629. The lowest BCUT2D eigenvalue weighted by Crippen LogP contribution is -2.31. The average Bonchev–Trinajstić information content (AvgIpc) is 3.49. The number of ether oxygens (including phenoxy) is 2. The second-order valence-electron chi connectivity index (χ2n) is 14.2. The van der Waals surface area contributed by atoms with Crippen molar-refractivity contribution in [3.8, 4) is 11.5 Å². The zero-order chi connectivity index (χ0) is 38.8. The smallest absolute Gasteiger partial charge is 0.475 e. The Morgan fingerprint density at radius 3 is 2.38 bits per heavy atom. The SMILES string of the molecule is CCCN(CCCOc1cc2ncnc(Nc3cc(CC(=O)Nc4cccc(F)c4F)[nH]n3)c2cc1OC)CCOP(=O)(OC(C)(C)C)OC(C)(C)C. The van der Waals surface area contributed by atoms with E-state index in [1.807, 2.05) is 0 Å². The van der Waals surface area contributed by atoms with Crippen LogP contribution in [-0.4, -0.2) is 82.1 Å². The summed E-state index contributed by atoms with van der Waals surface area (Å²) >= 11 is 0. The Bertz CT molecular complexity index is 1860. The maximum atomic E-state index is 14.0. The highest BCUT2D eigenvalue weighted by Gasteiger charge is 2.37. The molecule has 0 saturated heterocycles. The van der Waals surface area contributed by atoms with Gasteiger partial charge in [-0.2, -0.15) is 5.10 Å². The van der Waals surface area contributed by atoms with E-state index in [0.29, 0.717) is 65.8 Å². The van der Waals surface area contributed by atoms with Gasteiger partial charge in [0.15, 0.2) is 29.0 Å². The number of methoxy groups -OCH3 is 1. The van der Waals surface area contributed by atoms with Gasteiger partial charge in [0.2, 0.25) is 5.91 Å². The first-order valence-electron chi connectivity index (χ1n) is 17.4. The molecule has 0 fully saturated rings. The van der Waals surface area contributed by atoms with Gasteiger partial charge in [-0.1, -0.05) is 13.0 Å². The van der Waals surface area contributed by atoms with E-state index < -0.39 is 36.6 Å². The Labute approximate surface area is 308 Å². The summed E-state index contributed by atoms with van der Waals surface area (Å²) in [6.45, 7) is 15.6. The number of carbonyl (C=O) groups is 1. The van der Waals surface area contributed by atoms with Crippen LogP contribution < -0.4 is 20.1 Å². The zero-order valence-corrected chi connectivity index (χ0v) is 32.4. The predicted molar refractivity (Wildman–Crippen MR) is 199 cm³/mol. The standard InChI is InChI=1S/C36H50F2N7O7P/c1-9-14-45(16-18-50-53(47,51-35(2,3)4)52-36(5,6)7)15-11-17-49-30-22-28-25(21-29(30)48-8)34(40-23-39-28)42-31-19-24(43-44-31)20-32(46)41-27-13-10-12-26(37)33(27)38/h10,12-13,19,21-23H,9,11,14-18,20H2,1-8H3,(H,41,46)(H2,39,40,42,43,44). The lowest BCUT2D eigenvalue weighted by Gasteiger charge is -2.31. The molecule has 17 heteroatoms. The molecule has 0 aliphatic heterocycles. The average molecular weight is 762 g/mol. The molecule has 3 N–H and O–H groups in total. The Morgan fingerprint density at radius 1 is 0.962 bits per heavy atom. The Hall–Kier alpha value is -4.21. The molecule has 0 radical (unpaired) electrons. The molecule has 0 bridgehead atoms. The number of aromatic amines is 1. The molecule has 4 rings (SSSR count). The van der Waals surface area contributed by atoms with Crippen molar-refractivity contribution in [3.63, 3.8) is 0 Å². The monoisotopic (exact) mass is 761 g/mol. The lowest BCUT2D eigenvalue weighted by atomic mass is 10.2. The van der Waals surface area contributed by atoms with Crippen LogP contribution >= 0.6 is 7.82 Å². The van der Waals surface area contributed by atoms with Gasteiger partial charge in [-0.3, -0.25) is 23.5 Å². The zero-order valence-electron chi connectivity index (χ0n) is 31.5. The number of phosphoric ester groups is 1. The van der Waals surface area contributed by atoms with Gasteiger partial charge in [-0.15, -0.1) is 0 Å². The van der Waals surface area contributed by atoms with E-state index in [1.165, 1.54) is 18.5 Å². The van der Waals surface area contributed by atoms with Crippen molar-refractivity contribution < 1.29 is 41.2 Å². The van der Waals surface area contributed by atoms with E-state index in [1.54, 1.807) is 66.9 Å². The molecule has 0 spiro atoms. The number of fused-ring (bicyclic) bond motifs is 1. The van der Waals surface area contributed by atoms with Crippen molar-refractivity contribution in [2.24, 2.45) is 0 Å². The minimum Gasteiger partial charge on any atom is -0.493 e. The third kappa shape index (κ3) is 13.0. The fraction of sp³-hybridized carbons (Fsp3) is 0.500. The van der Waals surface area contributed by atoms with Gasteiger partial charge >= 0.3 is 7.82 Å². The summed E-state index contributed by atoms with van der Waals surface area (Å²) in [5, 5.41) is 13.1. The van der Waals surface area contributed by atoms with Crippen LogP contribution in [0, 0.1) is 11.6 Å². The summed E-state index contributed by atoms with van der Waals surface area (Å²) in [6, 6.07) is 8.69. The molecule has 290 valence electrons. The summed E-state index contributed by atoms with van der Waals surface area (Å²) in [6.07, 6.45) is 2.87. The van der Waals surface area contributed by atoms with Crippen molar-refractivity contribution in [3.05, 3.63) is 60.1 Å². The van der Waals surface area contributed by atoms with Gasteiger partial charge in [-0.25, -0.2) is 23.3 Å². The lowest BCUT2D eigenvalue weighted by molar-refractivity contribution is -0.115. The summed E-state index contributed by atoms with van der Waals surface area (Å²) in [5.41, 5.74) is -0.645. The number of benzene rings is 2. The third-order valence-electron chi connectivity index (χ3n) is 7.22. The maximum absolute atomic E-state index is 14.0. The number of aromatic nitrogens is 4. The van der Waals surface area contributed by atoms with Crippen molar-refractivity contribution in [1.29, 1.82) is 0 Å². The van der Waals surface area contributed by atoms with E-state index in [9.17, 15) is 18.1 Å². The van der Waals surface area contributed by atoms with E-state index in [2.05, 4.69) is 42.6 Å². The van der Waals surface area contributed by atoms with Gasteiger partial charge in [0.1, 0.15) is 12.1 Å². The molecular formula is C36H50F2N7O7P. The molecule has 1 amide bonds. The van der Waals surface area contributed by atoms with Crippen LogP contribution in [-0.2, 0) is 29.4 Å². The second-order valence-corrected chi connectivity index (χ2v) is 15.7. The number of anilines is 3. The number of nitrogens with one attached hydrogen (secondary N) is 3. The molecule has 2 heterocycles. The number of carbonyl (C=O) groups excluding carboxylic acids is 1. The number of hydrogen-bond donors (Lipinski definition) is 3. The summed E-state index contributed by atoms with van der Waals surface area (Å²) < 4.78 is 69.9. The number of amides is 1. The van der Waals surface area contributed by atoms with Crippen LogP contribution in [0.4, 0.5) is 26.1 Å². The number of hydrogen-bond acceptors (Lipinski definition) is 12. The molecule has 0 unspecified atom stereocenters. The van der Waals surface area contributed by atoms with Gasteiger partial charge in [0.05, 0.1) is 49.2 Å². The largest absolute Gasteiger partial charge is 0.493 e. The first-order valence-corrected chi connectivity index (χ1v) is 18.8. The molecule has 0 aliphatic carbocycles. The second kappa shape index (κ2) is 18.2. The van der Waals surface area contributed by atoms with Gasteiger partial charge < -0.3 is 25.0 Å². The third-order valence-corrected chi connectivity index (χ3v) is 9.26. The van der Waals surface area contributed by atoms with Crippen LogP contribution in [0.2, 0.25) is 0 Å². The van der Waals surface area contributed by atoms with Crippen molar-refractivity contribution in [1.82, 2.24) is 25.1 Å². The molecular weight excluding hydrogens is 711 g/mol. The topological polar surface area (TPSA) is 162 Å². The molecule has 53 heavy (non-hydrogen) atoms. The Kier molecular flexibility index (Phi) is 14.3. The van der Waals surface area contributed by atoms with Crippen molar-refractivity contribution >= 4 is 42.0 Å². The molecule has 4 aromatic rings.